The summed E-state index contributed by atoms with van der Waals surface area (Å²) in [7, 11) is 1.53. The van der Waals surface area contributed by atoms with E-state index >= 15 is 0 Å². The molecule has 0 radical (unpaired) electrons. The second-order valence-corrected chi connectivity index (χ2v) is 6.85. The molecule has 2 aromatic rings. The SMILES string of the molecule is COCCNc1ccc(C(=O)OCc2cc(Cl)c3c(c2)OCCCO3)cc1[N+](=O)[O-]. The van der Waals surface area contributed by atoms with E-state index < -0.39 is 10.9 Å². The zero-order chi connectivity index (χ0) is 21.5. The van der Waals surface area contributed by atoms with Crippen LogP contribution in [0.3, 0.4) is 0 Å². The van der Waals surface area contributed by atoms with Crippen LogP contribution in [0.25, 0.3) is 0 Å². The van der Waals surface area contributed by atoms with E-state index in [0.717, 1.165) is 6.42 Å². The fourth-order valence-electron chi connectivity index (χ4n) is 2.85. The molecule has 0 unspecified atom stereocenters. The van der Waals surface area contributed by atoms with Crippen molar-refractivity contribution in [3.63, 3.8) is 0 Å². The molecule has 0 saturated carbocycles. The van der Waals surface area contributed by atoms with Crippen molar-refractivity contribution >= 4 is 28.9 Å². The second kappa shape index (κ2) is 10.1. The Morgan fingerprint density at radius 1 is 1.27 bits per heavy atom. The van der Waals surface area contributed by atoms with E-state index in [-0.39, 0.29) is 17.9 Å². The number of halogens is 1. The van der Waals surface area contributed by atoms with Gasteiger partial charge in [-0.2, -0.15) is 0 Å². The number of nitrogens with zero attached hydrogens (tertiary/aromatic N) is 1. The van der Waals surface area contributed by atoms with E-state index in [9.17, 15) is 14.9 Å². The number of hydrogen-bond donors (Lipinski definition) is 1. The van der Waals surface area contributed by atoms with Crippen molar-refractivity contribution in [2.24, 2.45) is 0 Å². The Kier molecular flexibility index (Phi) is 7.31. The molecule has 1 aliphatic rings. The summed E-state index contributed by atoms with van der Waals surface area (Å²) in [5, 5.41) is 14.6. The van der Waals surface area contributed by atoms with Crippen LogP contribution in [-0.2, 0) is 16.1 Å². The summed E-state index contributed by atoms with van der Waals surface area (Å²) < 4.78 is 21.4. The topological polar surface area (TPSA) is 109 Å². The second-order valence-electron chi connectivity index (χ2n) is 6.44. The van der Waals surface area contributed by atoms with E-state index in [0.29, 0.717) is 54.1 Å². The summed E-state index contributed by atoms with van der Waals surface area (Å²) in [6.45, 7) is 1.72. The number of rotatable bonds is 8. The Hall–Kier alpha value is -3.04. The standard InChI is InChI=1S/C20H21ClN2O7/c1-27-8-5-22-16-4-3-14(11-17(16)23(25)26)20(24)30-12-13-9-15(21)19-18(10-13)28-6-2-7-29-19/h3-4,9-11,22H,2,5-8,12H2,1H3. The van der Waals surface area contributed by atoms with Crippen LogP contribution in [0.2, 0.25) is 5.02 Å². The van der Waals surface area contributed by atoms with Gasteiger partial charge >= 0.3 is 5.97 Å². The Bertz CT molecular complexity index is 936. The van der Waals surface area contributed by atoms with Crippen molar-refractivity contribution in [3.05, 3.63) is 56.6 Å². The molecule has 3 rings (SSSR count). The molecule has 0 bridgehead atoms. The largest absolute Gasteiger partial charge is 0.489 e. The number of nitro benzene ring substituents is 1. The fraction of sp³-hybridized carbons (Fsp3) is 0.350. The van der Waals surface area contributed by atoms with Crippen LogP contribution in [0, 0.1) is 10.1 Å². The fourth-order valence-corrected chi connectivity index (χ4v) is 3.13. The normalized spacial score (nSPS) is 12.7. The van der Waals surface area contributed by atoms with Gasteiger partial charge in [-0.05, 0) is 29.8 Å². The first-order valence-electron chi connectivity index (χ1n) is 9.26. The van der Waals surface area contributed by atoms with Crippen LogP contribution in [0.4, 0.5) is 11.4 Å². The molecule has 1 N–H and O–H groups in total. The lowest BCUT2D eigenvalue weighted by molar-refractivity contribution is -0.384. The number of esters is 1. The molecule has 0 atom stereocenters. The van der Waals surface area contributed by atoms with Crippen molar-refractivity contribution < 1.29 is 28.7 Å². The molecule has 9 nitrogen and oxygen atoms in total. The quantitative estimate of drug-likeness (QED) is 0.288. The van der Waals surface area contributed by atoms with Crippen molar-refractivity contribution in [1.82, 2.24) is 0 Å². The molecule has 30 heavy (non-hydrogen) atoms. The molecule has 1 aliphatic heterocycles. The van der Waals surface area contributed by atoms with Gasteiger partial charge in [-0.1, -0.05) is 11.6 Å². The van der Waals surface area contributed by atoms with Gasteiger partial charge in [-0.25, -0.2) is 4.79 Å². The molecule has 0 aromatic heterocycles. The van der Waals surface area contributed by atoms with E-state index in [2.05, 4.69) is 5.32 Å². The van der Waals surface area contributed by atoms with Gasteiger partial charge in [0, 0.05) is 26.1 Å². The van der Waals surface area contributed by atoms with E-state index in [1.54, 1.807) is 12.1 Å². The lowest BCUT2D eigenvalue weighted by Crippen LogP contribution is -2.11. The average molecular weight is 437 g/mol. The van der Waals surface area contributed by atoms with Crippen LogP contribution < -0.4 is 14.8 Å². The number of carbonyl (C=O) groups is 1. The van der Waals surface area contributed by atoms with Crippen LogP contribution in [0.1, 0.15) is 22.3 Å². The first kappa shape index (κ1) is 21.7. The number of anilines is 1. The highest BCUT2D eigenvalue weighted by molar-refractivity contribution is 6.32. The summed E-state index contributed by atoms with van der Waals surface area (Å²) in [4.78, 5) is 23.2. The highest BCUT2D eigenvalue weighted by Gasteiger charge is 2.20. The van der Waals surface area contributed by atoms with Gasteiger partial charge in [0.1, 0.15) is 12.3 Å². The maximum Gasteiger partial charge on any atom is 0.338 e. The number of carbonyl (C=O) groups excluding carboxylic acids is 1. The molecule has 2 aromatic carbocycles. The number of ether oxygens (including phenoxy) is 4. The maximum atomic E-state index is 12.4. The number of hydrogen-bond acceptors (Lipinski definition) is 8. The predicted octanol–water partition coefficient (Wildman–Crippen LogP) is 3.82. The molecule has 0 amide bonds. The number of methoxy groups -OCH3 is 1. The molecular weight excluding hydrogens is 416 g/mol. The number of fused-ring (bicyclic) bond motifs is 1. The van der Waals surface area contributed by atoms with Crippen molar-refractivity contribution in [2.75, 3.05) is 38.8 Å². The van der Waals surface area contributed by atoms with Crippen LogP contribution >= 0.6 is 11.6 Å². The van der Waals surface area contributed by atoms with Gasteiger partial charge < -0.3 is 24.3 Å². The zero-order valence-corrected chi connectivity index (χ0v) is 17.1. The third kappa shape index (κ3) is 5.31. The predicted molar refractivity (Wildman–Crippen MR) is 110 cm³/mol. The smallest absolute Gasteiger partial charge is 0.338 e. The monoisotopic (exact) mass is 436 g/mol. The summed E-state index contributed by atoms with van der Waals surface area (Å²) >= 11 is 6.24. The molecule has 1 heterocycles. The molecule has 10 heteroatoms. The summed E-state index contributed by atoms with van der Waals surface area (Å²) in [6, 6.07) is 7.44. The lowest BCUT2D eigenvalue weighted by Gasteiger charge is -2.12. The molecule has 0 saturated heterocycles. The lowest BCUT2D eigenvalue weighted by atomic mass is 10.1. The minimum Gasteiger partial charge on any atom is -0.489 e. The average Bonchev–Trinajstić information content (AvgIpc) is 2.98. The molecular formula is C20H21ClN2O7. The highest BCUT2D eigenvalue weighted by atomic mass is 35.5. The number of nitro groups is 1. The van der Waals surface area contributed by atoms with Gasteiger partial charge in [0.15, 0.2) is 11.5 Å². The third-order valence-corrected chi connectivity index (χ3v) is 4.56. The number of benzene rings is 2. The summed E-state index contributed by atoms with van der Waals surface area (Å²) in [5.74, 6) is 0.273. The summed E-state index contributed by atoms with van der Waals surface area (Å²) in [5.41, 5.74) is 0.756. The van der Waals surface area contributed by atoms with Gasteiger partial charge in [0.05, 0.1) is 35.3 Å². The third-order valence-electron chi connectivity index (χ3n) is 4.28. The molecule has 0 spiro atoms. The van der Waals surface area contributed by atoms with Gasteiger partial charge in [0.2, 0.25) is 0 Å². The first-order valence-corrected chi connectivity index (χ1v) is 9.63. The highest BCUT2D eigenvalue weighted by Crippen LogP contribution is 2.38. The molecule has 160 valence electrons. The van der Waals surface area contributed by atoms with Crippen LogP contribution in [0.5, 0.6) is 11.5 Å². The van der Waals surface area contributed by atoms with E-state index in [4.69, 9.17) is 30.5 Å². The van der Waals surface area contributed by atoms with Crippen molar-refractivity contribution in [1.29, 1.82) is 0 Å². The minimum atomic E-state index is -0.690. The van der Waals surface area contributed by atoms with Crippen molar-refractivity contribution in [2.45, 2.75) is 13.0 Å². The number of nitrogens with one attached hydrogen (secondary N) is 1. The van der Waals surface area contributed by atoms with Gasteiger partial charge in [0.25, 0.3) is 5.69 Å². The molecule has 0 aliphatic carbocycles. The Morgan fingerprint density at radius 3 is 2.83 bits per heavy atom. The van der Waals surface area contributed by atoms with Crippen LogP contribution in [-0.4, -0.2) is 44.4 Å². The summed E-state index contributed by atoms with van der Waals surface area (Å²) in [6.07, 6.45) is 0.741. The van der Waals surface area contributed by atoms with E-state index in [1.807, 2.05) is 0 Å². The van der Waals surface area contributed by atoms with Gasteiger partial charge in [-0.15, -0.1) is 0 Å². The van der Waals surface area contributed by atoms with Gasteiger partial charge in [-0.3, -0.25) is 10.1 Å². The van der Waals surface area contributed by atoms with E-state index in [1.165, 1.54) is 25.3 Å². The van der Waals surface area contributed by atoms with Crippen LogP contribution in [0.15, 0.2) is 30.3 Å². The Labute approximate surface area is 178 Å². The Balaban J connectivity index is 1.70. The zero-order valence-electron chi connectivity index (χ0n) is 16.3. The van der Waals surface area contributed by atoms with Crippen molar-refractivity contribution in [3.8, 4) is 11.5 Å². The minimum absolute atomic E-state index is 0.0689. The molecule has 0 fully saturated rings. The Morgan fingerprint density at radius 2 is 2.07 bits per heavy atom. The maximum absolute atomic E-state index is 12.4. The first-order chi connectivity index (χ1) is 14.5.